The minimum atomic E-state index is -0.00438. The molecule has 1 heterocycles. The number of hydrogen-bond acceptors (Lipinski definition) is 2. The van der Waals surface area contributed by atoms with Crippen molar-refractivity contribution < 1.29 is 0 Å². The predicted octanol–water partition coefficient (Wildman–Crippen LogP) is 4.09. The molecule has 0 fully saturated rings. The molecule has 0 aliphatic rings. The lowest BCUT2D eigenvalue weighted by atomic mass is 9.86. The Balaban J connectivity index is 2.24. The number of hydrogen-bond donors (Lipinski definition) is 1. The van der Waals surface area contributed by atoms with Gasteiger partial charge in [-0.05, 0) is 38.9 Å². The van der Waals surface area contributed by atoms with Crippen molar-refractivity contribution in [1.82, 2.24) is 0 Å². The summed E-state index contributed by atoms with van der Waals surface area (Å²) in [6, 6.07) is 10.7. The Labute approximate surface area is 107 Å². The minimum absolute atomic E-state index is 0.00438. The molecule has 0 amide bonds. The molecule has 0 aliphatic carbocycles. The molecule has 2 N–H and O–H groups in total. The van der Waals surface area contributed by atoms with Crippen LogP contribution < -0.4 is 5.73 Å². The van der Waals surface area contributed by atoms with Crippen LogP contribution in [-0.2, 0) is 5.41 Å². The van der Waals surface area contributed by atoms with E-state index in [2.05, 4.69) is 61.9 Å². The number of nitrogens with two attached hydrogens (primary N) is 1. The van der Waals surface area contributed by atoms with Crippen molar-refractivity contribution in [3.63, 3.8) is 0 Å². The van der Waals surface area contributed by atoms with Gasteiger partial charge in [0.05, 0.1) is 6.04 Å². The first kappa shape index (κ1) is 12.3. The van der Waals surface area contributed by atoms with Crippen molar-refractivity contribution in [3.05, 3.63) is 57.8 Å². The highest BCUT2D eigenvalue weighted by atomic mass is 32.1. The molecule has 1 atom stereocenters. The van der Waals surface area contributed by atoms with E-state index in [0.717, 1.165) is 0 Å². The Morgan fingerprint density at radius 3 is 2.12 bits per heavy atom. The zero-order valence-electron chi connectivity index (χ0n) is 10.6. The highest BCUT2D eigenvalue weighted by Gasteiger charge is 2.14. The third-order valence-corrected chi connectivity index (χ3v) is 3.74. The van der Waals surface area contributed by atoms with E-state index in [1.54, 1.807) is 11.3 Å². The molecular formula is C15H19NS. The van der Waals surface area contributed by atoms with Crippen molar-refractivity contribution in [2.45, 2.75) is 32.2 Å². The van der Waals surface area contributed by atoms with Crippen LogP contribution in [0.2, 0.25) is 0 Å². The van der Waals surface area contributed by atoms with Crippen LogP contribution in [0.4, 0.5) is 0 Å². The van der Waals surface area contributed by atoms with E-state index in [0.29, 0.717) is 0 Å². The number of benzene rings is 1. The van der Waals surface area contributed by atoms with Gasteiger partial charge in [0.2, 0.25) is 0 Å². The normalized spacial score (nSPS) is 13.6. The van der Waals surface area contributed by atoms with Gasteiger partial charge in [0, 0.05) is 0 Å². The van der Waals surface area contributed by atoms with Gasteiger partial charge in [-0.2, -0.15) is 11.3 Å². The lowest BCUT2D eigenvalue weighted by molar-refractivity contribution is 0.589. The van der Waals surface area contributed by atoms with Crippen LogP contribution in [0.15, 0.2) is 41.1 Å². The van der Waals surface area contributed by atoms with Crippen LogP contribution in [0.3, 0.4) is 0 Å². The molecule has 0 saturated heterocycles. The van der Waals surface area contributed by atoms with Gasteiger partial charge in [0.15, 0.2) is 0 Å². The summed E-state index contributed by atoms with van der Waals surface area (Å²) in [7, 11) is 0. The fourth-order valence-corrected chi connectivity index (χ4v) is 2.53. The summed E-state index contributed by atoms with van der Waals surface area (Å²) in [6.07, 6.45) is 0. The van der Waals surface area contributed by atoms with Crippen molar-refractivity contribution in [1.29, 1.82) is 0 Å². The zero-order valence-corrected chi connectivity index (χ0v) is 11.4. The molecule has 0 radical (unpaired) electrons. The maximum atomic E-state index is 6.23. The van der Waals surface area contributed by atoms with Crippen molar-refractivity contribution >= 4 is 11.3 Å². The second kappa shape index (κ2) is 4.63. The highest BCUT2D eigenvalue weighted by Crippen LogP contribution is 2.26. The second-order valence-electron chi connectivity index (χ2n) is 5.41. The van der Waals surface area contributed by atoms with Crippen LogP contribution in [0.25, 0.3) is 0 Å². The minimum Gasteiger partial charge on any atom is -0.320 e. The summed E-state index contributed by atoms with van der Waals surface area (Å²) in [4.78, 5) is 0. The molecule has 2 aromatic rings. The second-order valence-corrected chi connectivity index (χ2v) is 6.19. The van der Waals surface area contributed by atoms with E-state index >= 15 is 0 Å². The molecule has 2 heteroatoms. The van der Waals surface area contributed by atoms with Gasteiger partial charge < -0.3 is 5.73 Å². The maximum Gasteiger partial charge on any atom is 0.0559 e. The maximum absolute atomic E-state index is 6.23. The van der Waals surface area contributed by atoms with Gasteiger partial charge >= 0.3 is 0 Å². The Hall–Kier alpha value is -1.12. The molecule has 0 aliphatic heterocycles. The molecule has 1 aromatic carbocycles. The molecule has 0 spiro atoms. The first-order valence-electron chi connectivity index (χ1n) is 5.86. The monoisotopic (exact) mass is 245 g/mol. The van der Waals surface area contributed by atoms with Gasteiger partial charge in [-0.15, -0.1) is 0 Å². The lowest BCUT2D eigenvalue weighted by Gasteiger charge is -2.20. The molecule has 2 rings (SSSR count). The van der Waals surface area contributed by atoms with E-state index in [1.807, 2.05) is 0 Å². The standard InChI is InChI=1S/C15H19NS/c1-15(2,3)13-6-4-11(5-7-13)14(16)12-8-9-17-10-12/h4-10,14H,16H2,1-3H3. The van der Waals surface area contributed by atoms with Crippen LogP contribution in [-0.4, -0.2) is 0 Å². The molecule has 0 bridgehead atoms. The van der Waals surface area contributed by atoms with Crippen molar-refractivity contribution in [3.8, 4) is 0 Å². The highest BCUT2D eigenvalue weighted by molar-refractivity contribution is 7.08. The molecule has 90 valence electrons. The van der Waals surface area contributed by atoms with E-state index in [-0.39, 0.29) is 11.5 Å². The Bertz CT molecular complexity index is 463. The van der Waals surface area contributed by atoms with Gasteiger partial charge in [0.25, 0.3) is 0 Å². The summed E-state index contributed by atoms with van der Waals surface area (Å²) in [6.45, 7) is 6.67. The van der Waals surface area contributed by atoms with E-state index in [9.17, 15) is 0 Å². The van der Waals surface area contributed by atoms with Gasteiger partial charge in [-0.25, -0.2) is 0 Å². The summed E-state index contributed by atoms with van der Waals surface area (Å²) in [5, 5.41) is 4.18. The fourth-order valence-electron chi connectivity index (χ4n) is 1.83. The van der Waals surface area contributed by atoms with E-state index < -0.39 is 0 Å². The molecule has 1 unspecified atom stereocenters. The summed E-state index contributed by atoms with van der Waals surface area (Å²) in [5.74, 6) is 0. The first-order valence-corrected chi connectivity index (χ1v) is 6.81. The molecule has 0 saturated carbocycles. The Kier molecular flexibility index (Phi) is 3.36. The van der Waals surface area contributed by atoms with Crippen LogP contribution >= 0.6 is 11.3 Å². The Morgan fingerprint density at radius 1 is 1.00 bits per heavy atom. The number of rotatable bonds is 2. The molecule has 1 nitrogen and oxygen atoms in total. The largest absolute Gasteiger partial charge is 0.320 e. The van der Waals surface area contributed by atoms with Gasteiger partial charge in [0.1, 0.15) is 0 Å². The topological polar surface area (TPSA) is 26.0 Å². The van der Waals surface area contributed by atoms with Crippen LogP contribution in [0.1, 0.15) is 43.5 Å². The molecule has 1 aromatic heterocycles. The smallest absolute Gasteiger partial charge is 0.0559 e. The average Bonchev–Trinajstić information content (AvgIpc) is 2.80. The molecule has 17 heavy (non-hydrogen) atoms. The summed E-state index contributed by atoms with van der Waals surface area (Å²) >= 11 is 1.69. The molecular weight excluding hydrogens is 226 g/mol. The fraction of sp³-hybridized carbons (Fsp3) is 0.333. The SMILES string of the molecule is CC(C)(C)c1ccc(C(N)c2ccsc2)cc1. The summed E-state index contributed by atoms with van der Waals surface area (Å²) < 4.78 is 0. The third kappa shape index (κ3) is 2.76. The van der Waals surface area contributed by atoms with Crippen LogP contribution in [0, 0.1) is 0 Å². The summed E-state index contributed by atoms with van der Waals surface area (Å²) in [5.41, 5.74) is 10.1. The third-order valence-electron chi connectivity index (χ3n) is 3.04. The quantitative estimate of drug-likeness (QED) is 0.847. The number of thiophene rings is 1. The average molecular weight is 245 g/mol. The lowest BCUT2D eigenvalue weighted by Crippen LogP contribution is -2.13. The van der Waals surface area contributed by atoms with E-state index in [4.69, 9.17) is 5.73 Å². The van der Waals surface area contributed by atoms with Crippen molar-refractivity contribution in [2.75, 3.05) is 0 Å². The Morgan fingerprint density at radius 2 is 1.65 bits per heavy atom. The van der Waals surface area contributed by atoms with Gasteiger partial charge in [-0.3, -0.25) is 0 Å². The van der Waals surface area contributed by atoms with E-state index in [1.165, 1.54) is 16.7 Å². The zero-order chi connectivity index (χ0) is 12.5. The van der Waals surface area contributed by atoms with Crippen LogP contribution in [0.5, 0.6) is 0 Å². The van der Waals surface area contributed by atoms with Crippen molar-refractivity contribution in [2.24, 2.45) is 5.73 Å². The van der Waals surface area contributed by atoms with Gasteiger partial charge in [-0.1, -0.05) is 45.0 Å². The first-order chi connectivity index (χ1) is 7.98. The predicted molar refractivity (Wildman–Crippen MR) is 75.5 cm³/mol.